The van der Waals surface area contributed by atoms with Crippen LogP contribution >= 0.6 is 11.6 Å². The van der Waals surface area contributed by atoms with Gasteiger partial charge in [-0.25, -0.2) is 19.3 Å². The smallest absolute Gasteiger partial charge is 0.238 e. The Labute approximate surface area is 205 Å². The predicted molar refractivity (Wildman–Crippen MR) is 134 cm³/mol. The molecule has 0 spiro atoms. The highest BCUT2D eigenvalue weighted by molar-refractivity contribution is 6.32. The van der Waals surface area contributed by atoms with Crippen LogP contribution in [0.15, 0.2) is 48.9 Å². The molecule has 35 heavy (non-hydrogen) atoms. The minimum atomic E-state index is -0.515. The zero-order chi connectivity index (χ0) is 24.9. The second-order valence-electron chi connectivity index (χ2n) is 8.01. The number of imidazole rings is 2. The number of aromatic nitrogens is 5. The maximum Gasteiger partial charge on any atom is 0.238 e. The Kier molecular flexibility index (Phi) is 5.56. The van der Waals surface area contributed by atoms with E-state index < -0.39 is 5.82 Å². The van der Waals surface area contributed by atoms with Gasteiger partial charge in [0.2, 0.25) is 5.88 Å². The van der Waals surface area contributed by atoms with E-state index in [1.165, 1.54) is 13.2 Å². The number of fused-ring (bicyclic) bond motifs is 1. The normalized spacial score (nSPS) is 11.3. The molecule has 0 fully saturated rings. The van der Waals surface area contributed by atoms with Crippen LogP contribution in [0.2, 0.25) is 5.02 Å². The number of nitrogens with zero attached hydrogens (tertiary/aromatic N) is 5. The molecule has 0 unspecified atom stereocenters. The van der Waals surface area contributed by atoms with E-state index in [9.17, 15) is 0 Å². The largest absolute Gasteiger partial charge is 0.495 e. The summed E-state index contributed by atoms with van der Waals surface area (Å²) in [5, 5.41) is 0.484. The standard InChI is InChI=1S/C25H22ClFN6O2/c1-13-11-33(12-29-13)18-8-7-17(30-25(18)35-4)21-16(27)10-19-23(22(21)28)31-24(32(19)2)14-5-6-15(26)20(9-14)34-3/h5-12H,28H2,1-4H3. The molecule has 2 N–H and O–H groups in total. The highest BCUT2D eigenvalue weighted by Crippen LogP contribution is 2.38. The highest BCUT2D eigenvalue weighted by atomic mass is 35.5. The minimum absolute atomic E-state index is 0.155. The number of nitrogens with two attached hydrogens (primary N) is 1. The quantitative estimate of drug-likeness (QED) is 0.339. The van der Waals surface area contributed by atoms with E-state index >= 15 is 4.39 Å². The zero-order valence-corrected chi connectivity index (χ0v) is 20.3. The fourth-order valence-corrected chi connectivity index (χ4v) is 4.30. The summed E-state index contributed by atoms with van der Waals surface area (Å²) in [4.78, 5) is 13.5. The number of pyridine rings is 1. The Morgan fingerprint density at radius 1 is 1.06 bits per heavy atom. The van der Waals surface area contributed by atoms with Crippen LogP contribution in [0.25, 0.3) is 39.4 Å². The van der Waals surface area contributed by atoms with Crippen molar-refractivity contribution in [1.82, 2.24) is 24.1 Å². The van der Waals surface area contributed by atoms with Crippen LogP contribution in [0.4, 0.5) is 10.1 Å². The predicted octanol–water partition coefficient (Wildman–Crippen LogP) is 5.19. The first-order valence-electron chi connectivity index (χ1n) is 10.7. The molecule has 0 aliphatic rings. The molecule has 3 heterocycles. The van der Waals surface area contributed by atoms with Crippen molar-refractivity contribution >= 4 is 28.3 Å². The summed E-state index contributed by atoms with van der Waals surface area (Å²) in [6.07, 6.45) is 3.51. The number of anilines is 1. The van der Waals surface area contributed by atoms with Crippen molar-refractivity contribution in [2.75, 3.05) is 20.0 Å². The van der Waals surface area contributed by atoms with Gasteiger partial charge in [-0.05, 0) is 37.3 Å². The molecule has 0 atom stereocenters. The Hall–Kier alpha value is -4.11. The van der Waals surface area contributed by atoms with Crippen molar-refractivity contribution in [3.8, 4) is 40.0 Å². The van der Waals surface area contributed by atoms with Crippen LogP contribution in [-0.4, -0.2) is 38.3 Å². The second-order valence-corrected chi connectivity index (χ2v) is 8.41. The number of rotatable bonds is 5. The molecule has 178 valence electrons. The fourth-order valence-electron chi connectivity index (χ4n) is 4.10. The number of hydrogen-bond acceptors (Lipinski definition) is 6. The van der Waals surface area contributed by atoms with E-state index in [1.54, 1.807) is 53.9 Å². The third kappa shape index (κ3) is 3.74. The van der Waals surface area contributed by atoms with E-state index in [2.05, 4.69) is 9.97 Å². The topological polar surface area (TPSA) is 93.0 Å². The molecule has 0 bridgehead atoms. The lowest BCUT2D eigenvalue weighted by Gasteiger charge is -2.12. The molecule has 2 aromatic carbocycles. The van der Waals surface area contributed by atoms with E-state index in [-0.39, 0.29) is 11.3 Å². The molecule has 0 saturated heterocycles. The SMILES string of the molecule is COc1cc(-c2nc3c(N)c(-c4ccc(-n5cnc(C)c5)c(OC)n4)c(F)cc3n2C)ccc1Cl. The van der Waals surface area contributed by atoms with Crippen molar-refractivity contribution in [2.24, 2.45) is 7.05 Å². The van der Waals surface area contributed by atoms with Crippen molar-refractivity contribution in [2.45, 2.75) is 6.92 Å². The van der Waals surface area contributed by atoms with Gasteiger partial charge in [-0.2, -0.15) is 0 Å². The highest BCUT2D eigenvalue weighted by Gasteiger charge is 2.22. The van der Waals surface area contributed by atoms with E-state index in [1.807, 2.05) is 19.2 Å². The molecule has 5 aromatic rings. The van der Waals surface area contributed by atoms with Crippen molar-refractivity contribution in [1.29, 1.82) is 0 Å². The van der Waals surface area contributed by atoms with Crippen molar-refractivity contribution in [3.63, 3.8) is 0 Å². The first-order chi connectivity index (χ1) is 16.8. The summed E-state index contributed by atoms with van der Waals surface area (Å²) < 4.78 is 29.8. The van der Waals surface area contributed by atoms with Crippen molar-refractivity contribution < 1.29 is 13.9 Å². The van der Waals surface area contributed by atoms with Gasteiger partial charge in [0.1, 0.15) is 28.6 Å². The Balaban J connectivity index is 1.66. The van der Waals surface area contributed by atoms with Gasteiger partial charge in [-0.3, -0.25) is 0 Å². The summed E-state index contributed by atoms with van der Waals surface area (Å²) in [6, 6.07) is 10.2. The lowest BCUT2D eigenvalue weighted by atomic mass is 10.1. The number of nitrogen functional groups attached to an aromatic ring is 1. The Bertz CT molecular complexity index is 1590. The average Bonchev–Trinajstić information content (AvgIpc) is 3.43. The molecule has 0 saturated carbocycles. The summed E-state index contributed by atoms with van der Waals surface area (Å²) in [7, 11) is 4.85. The second kappa shape index (κ2) is 8.59. The monoisotopic (exact) mass is 492 g/mol. The number of methoxy groups -OCH3 is 2. The minimum Gasteiger partial charge on any atom is -0.495 e. The molecular formula is C25H22ClFN6O2. The number of hydrogen-bond donors (Lipinski definition) is 1. The van der Waals surface area contributed by atoms with Gasteiger partial charge in [0.05, 0.1) is 53.7 Å². The van der Waals surface area contributed by atoms with Crippen LogP contribution in [0, 0.1) is 12.7 Å². The third-order valence-corrected chi connectivity index (χ3v) is 6.17. The average molecular weight is 493 g/mol. The molecule has 5 rings (SSSR count). The van der Waals surface area contributed by atoms with Gasteiger partial charge in [-0.1, -0.05) is 11.6 Å². The number of benzene rings is 2. The van der Waals surface area contributed by atoms with Gasteiger partial charge in [0.15, 0.2) is 0 Å². The van der Waals surface area contributed by atoms with E-state index in [0.717, 1.165) is 11.3 Å². The summed E-state index contributed by atoms with van der Waals surface area (Å²) in [5.74, 6) is 0.905. The van der Waals surface area contributed by atoms with Crippen LogP contribution in [0.5, 0.6) is 11.6 Å². The molecule has 0 radical (unpaired) electrons. The van der Waals surface area contributed by atoms with Gasteiger partial charge in [0, 0.05) is 24.9 Å². The summed E-state index contributed by atoms with van der Waals surface area (Å²) in [5.41, 5.74) is 10.4. The maximum atomic E-state index is 15.4. The fraction of sp³-hybridized carbons (Fsp3) is 0.160. The molecule has 10 heteroatoms. The molecule has 0 aliphatic heterocycles. The van der Waals surface area contributed by atoms with E-state index in [0.29, 0.717) is 44.9 Å². The maximum absolute atomic E-state index is 15.4. The third-order valence-electron chi connectivity index (χ3n) is 5.85. The summed E-state index contributed by atoms with van der Waals surface area (Å²) in [6.45, 7) is 1.89. The van der Waals surface area contributed by atoms with Gasteiger partial charge < -0.3 is 24.3 Å². The van der Waals surface area contributed by atoms with Gasteiger partial charge in [0.25, 0.3) is 0 Å². The molecule has 8 nitrogen and oxygen atoms in total. The van der Waals surface area contributed by atoms with Crippen LogP contribution in [0.1, 0.15) is 5.69 Å². The van der Waals surface area contributed by atoms with Crippen LogP contribution in [-0.2, 0) is 7.05 Å². The first kappa shape index (κ1) is 22.7. The van der Waals surface area contributed by atoms with Crippen LogP contribution < -0.4 is 15.2 Å². The molecular weight excluding hydrogens is 471 g/mol. The van der Waals surface area contributed by atoms with Crippen LogP contribution in [0.3, 0.4) is 0 Å². The lowest BCUT2D eigenvalue weighted by molar-refractivity contribution is 0.396. The lowest BCUT2D eigenvalue weighted by Crippen LogP contribution is -2.02. The number of ether oxygens (including phenoxy) is 2. The first-order valence-corrected chi connectivity index (χ1v) is 11.0. The van der Waals surface area contributed by atoms with E-state index in [4.69, 9.17) is 31.8 Å². The van der Waals surface area contributed by atoms with Crippen molar-refractivity contribution in [3.05, 3.63) is 65.5 Å². The Morgan fingerprint density at radius 3 is 2.54 bits per heavy atom. The number of halogens is 2. The van der Waals surface area contributed by atoms with Gasteiger partial charge in [-0.15, -0.1) is 0 Å². The molecule has 3 aromatic heterocycles. The molecule has 0 aliphatic carbocycles. The Morgan fingerprint density at radius 2 is 1.86 bits per heavy atom. The number of aryl methyl sites for hydroxylation is 2. The molecule has 0 amide bonds. The summed E-state index contributed by atoms with van der Waals surface area (Å²) >= 11 is 6.17. The van der Waals surface area contributed by atoms with Gasteiger partial charge >= 0.3 is 0 Å². The zero-order valence-electron chi connectivity index (χ0n) is 19.5.